The first-order valence-corrected chi connectivity index (χ1v) is 6.44. The minimum Gasteiger partial charge on any atom is -0.311 e. The molecule has 0 radical (unpaired) electrons. The van der Waals surface area contributed by atoms with Gasteiger partial charge in [-0.3, -0.25) is 4.98 Å². The number of hydrogen-bond acceptors (Lipinski definition) is 2. The quantitative estimate of drug-likeness (QED) is 0.892. The van der Waals surface area contributed by atoms with Gasteiger partial charge in [-0.1, -0.05) is 32.4 Å². The van der Waals surface area contributed by atoms with Gasteiger partial charge in [0.05, 0.1) is 0 Å². The molecule has 1 N–H and O–H groups in total. The molecule has 0 atom stereocenters. The predicted octanol–water partition coefficient (Wildman–Crippen LogP) is 3.64. The summed E-state index contributed by atoms with van der Waals surface area (Å²) < 4.78 is 1.02. The van der Waals surface area contributed by atoms with Gasteiger partial charge in [0.25, 0.3) is 0 Å². The third kappa shape index (κ3) is 4.90. The summed E-state index contributed by atoms with van der Waals surface area (Å²) in [7, 11) is 0. The molecule has 3 heteroatoms. The number of nitrogens with zero attached hydrogens (tertiary/aromatic N) is 1. The lowest BCUT2D eigenvalue weighted by Gasteiger charge is -2.10. The summed E-state index contributed by atoms with van der Waals surface area (Å²) >= 11 is 3.43. The van der Waals surface area contributed by atoms with Gasteiger partial charge in [0.1, 0.15) is 0 Å². The second kappa shape index (κ2) is 6.81. The second-order valence-electron chi connectivity index (χ2n) is 4.13. The Morgan fingerprint density at radius 3 is 2.81 bits per heavy atom. The lowest BCUT2D eigenvalue weighted by Crippen LogP contribution is -2.24. The summed E-state index contributed by atoms with van der Waals surface area (Å²) in [6.45, 7) is 7.45. The van der Waals surface area contributed by atoms with Crippen molar-refractivity contribution in [2.75, 3.05) is 6.54 Å². The van der Waals surface area contributed by atoms with Crippen LogP contribution >= 0.6 is 15.9 Å². The van der Waals surface area contributed by atoms with E-state index in [1.54, 1.807) is 6.20 Å². The molecular weight excluding hydrogens is 264 g/mol. The molecule has 0 amide bonds. The number of halogens is 1. The van der Waals surface area contributed by atoms with E-state index in [4.69, 9.17) is 0 Å². The Bertz CT molecular complexity index is 359. The molecule has 0 bridgehead atoms. The van der Waals surface area contributed by atoms with Crippen LogP contribution in [0, 0.1) is 0 Å². The minimum absolute atomic E-state index is 0.524. The maximum Gasteiger partial charge on any atom is 0.0410 e. The van der Waals surface area contributed by atoms with Crippen LogP contribution in [-0.4, -0.2) is 17.6 Å². The zero-order chi connectivity index (χ0) is 12.0. The Labute approximate surface area is 106 Å². The molecule has 0 fully saturated rings. The largest absolute Gasteiger partial charge is 0.311 e. The molecule has 0 saturated heterocycles. The van der Waals surface area contributed by atoms with E-state index in [0.29, 0.717) is 6.04 Å². The Morgan fingerprint density at radius 2 is 2.25 bits per heavy atom. The van der Waals surface area contributed by atoms with E-state index >= 15 is 0 Å². The van der Waals surface area contributed by atoms with Crippen molar-refractivity contribution in [1.29, 1.82) is 0 Å². The van der Waals surface area contributed by atoms with Gasteiger partial charge in [-0.15, -0.1) is 0 Å². The maximum absolute atomic E-state index is 4.15. The molecule has 0 aliphatic heterocycles. The van der Waals surface area contributed by atoms with E-state index in [9.17, 15) is 0 Å². The first-order valence-electron chi connectivity index (χ1n) is 5.65. The normalized spacial score (nSPS) is 12.2. The molecule has 1 aromatic heterocycles. The third-order valence-corrected chi connectivity index (χ3v) is 2.72. The lowest BCUT2D eigenvalue weighted by atomic mass is 10.1. The Morgan fingerprint density at radius 1 is 1.50 bits per heavy atom. The summed E-state index contributed by atoms with van der Waals surface area (Å²) in [6.07, 6.45) is 6.95. The van der Waals surface area contributed by atoms with Gasteiger partial charge in [-0.2, -0.15) is 0 Å². The predicted molar refractivity (Wildman–Crippen MR) is 73.3 cm³/mol. The average molecular weight is 283 g/mol. The molecule has 1 heterocycles. The van der Waals surface area contributed by atoms with Crippen molar-refractivity contribution in [3.8, 4) is 0 Å². The highest BCUT2D eigenvalue weighted by Gasteiger charge is 1.98. The summed E-state index contributed by atoms with van der Waals surface area (Å²) in [5, 5.41) is 3.43. The Balaban J connectivity index is 2.71. The third-order valence-electron chi connectivity index (χ3n) is 2.29. The molecule has 2 nitrogen and oxygen atoms in total. The van der Waals surface area contributed by atoms with Crippen LogP contribution in [0.25, 0.3) is 6.08 Å². The Kier molecular flexibility index (Phi) is 5.71. The van der Waals surface area contributed by atoms with E-state index in [1.807, 2.05) is 6.20 Å². The van der Waals surface area contributed by atoms with E-state index in [-0.39, 0.29) is 0 Å². The molecule has 88 valence electrons. The van der Waals surface area contributed by atoms with Crippen molar-refractivity contribution >= 4 is 22.0 Å². The standard InChI is InChI=1S/C13H19BrN2/c1-4-11(8-16-10(2)3)5-12-6-13(14)9-15-7-12/h5-7,9-10,16H,4,8H2,1-3H3/b11-5-. The van der Waals surface area contributed by atoms with Crippen molar-refractivity contribution < 1.29 is 0 Å². The van der Waals surface area contributed by atoms with E-state index in [0.717, 1.165) is 23.0 Å². The number of hydrogen-bond donors (Lipinski definition) is 1. The average Bonchev–Trinajstić information content (AvgIpc) is 2.24. The van der Waals surface area contributed by atoms with Crippen LogP contribution in [0.15, 0.2) is 28.5 Å². The SMILES string of the molecule is CC/C(=C/c1cncc(Br)c1)CNC(C)C. The van der Waals surface area contributed by atoms with Crippen LogP contribution in [0.3, 0.4) is 0 Å². The zero-order valence-electron chi connectivity index (χ0n) is 10.1. The highest BCUT2D eigenvalue weighted by Crippen LogP contribution is 2.13. The molecule has 0 spiro atoms. The van der Waals surface area contributed by atoms with Gasteiger partial charge in [-0.05, 0) is 34.0 Å². The first-order chi connectivity index (χ1) is 7.61. The van der Waals surface area contributed by atoms with Crippen molar-refractivity contribution in [2.24, 2.45) is 0 Å². The molecular formula is C13H19BrN2. The fourth-order valence-corrected chi connectivity index (χ4v) is 1.74. The molecule has 16 heavy (non-hydrogen) atoms. The summed E-state index contributed by atoms with van der Waals surface area (Å²) in [5.74, 6) is 0. The van der Waals surface area contributed by atoms with Gasteiger partial charge in [0.2, 0.25) is 0 Å². The summed E-state index contributed by atoms with van der Waals surface area (Å²) in [4.78, 5) is 4.15. The first kappa shape index (κ1) is 13.4. The minimum atomic E-state index is 0.524. The van der Waals surface area contributed by atoms with Crippen LogP contribution in [0.4, 0.5) is 0 Å². The topological polar surface area (TPSA) is 24.9 Å². The fourth-order valence-electron chi connectivity index (χ4n) is 1.36. The van der Waals surface area contributed by atoms with Crippen LogP contribution in [0.5, 0.6) is 0 Å². The number of nitrogens with one attached hydrogen (secondary N) is 1. The summed E-state index contributed by atoms with van der Waals surface area (Å²) in [5.41, 5.74) is 2.55. The molecule has 1 rings (SSSR count). The van der Waals surface area contributed by atoms with Crippen LogP contribution in [0.2, 0.25) is 0 Å². The molecule has 0 aliphatic carbocycles. The van der Waals surface area contributed by atoms with Gasteiger partial charge in [0.15, 0.2) is 0 Å². The lowest BCUT2D eigenvalue weighted by molar-refractivity contribution is 0.617. The molecule has 0 aromatic carbocycles. The summed E-state index contributed by atoms with van der Waals surface area (Å²) in [6, 6.07) is 2.61. The highest BCUT2D eigenvalue weighted by atomic mass is 79.9. The number of pyridine rings is 1. The highest BCUT2D eigenvalue weighted by molar-refractivity contribution is 9.10. The molecule has 1 aromatic rings. The van der Waals surface area contributed by atoms with Crippen molar-refractivity contribution in [3.63, 3.8) is 0 Å². The van der Waals surface area contributed by atoms with Crippen molar-refractivity contribution in [2.45, 2.75) is 33.2 Å². The van der Waals surface area contributed by atoms with Crippen molar-refractivity contribution in [1.82, 2.24) is 10.3 Å². The molecule has 0 aliphatic rings. The van der Waals surface area contributed by atoms with Crippen molar-refractivity contribution in [3.05, 3.63) is 34.1 Å². The van der Waals surface area contributed by atoms with Gasteiger partial charge in [-0.25, -0.2) is 0 Å². The number of rotatable bonds is 5. The smallest absolute Gasteiger partial charge is 0.0410 e. The molecule has 0 saturated carbocycles. The second-order valence-corrected chi connectivity index (χ2v) is 5.04. The monoisotopic (exact) mass is 282 g/mol. The van der Waals surface area contributed by atoms with Crippen LogP contribution in [-0.2, 0) is 0 Å². The van der Waals surface area contributed by atoms with E-state index in [1.165, 1.54) is 5.57 Å². The molecule has 0 unspecified atom stereocenters. The zero-order valence-corrected chi connectivity index (χ0v) is 11.7. The van der Waals surface area contributed by atoms with Gasteiger partial charge in [0, 0.05) is 29.5 Å². The maximum atomic E-state index is 4.15. The van der Waals surface area contributed by atoms with E-state index < -0.39 is 0 Å². The van der Waals surface area contributed by atoms with Gasteiger partial charge >= 0.3 is 0 Å². The van der Waals surface area contributed by atoms with Crippen LogP contribution < -0.4 is 5.32 Å². The van der Waals surface area contributed by atoms with E-state index in [2.05, 4.69) is 59.1 Å². The van der Waals surface area contributed by atoms with Crippen LogP contribution in [0.1, 0.15) is 32.8 Å². The van der Waals surface area contributed by atoms with Gasteiger partial charge < -0.3 is 5.32 Å². The Hall–Kier alpha value is -0.670. The fraction of sp³-hybridized carbons (Fsp3) is 0.462. The number of aromatic nitrogens is 1.